The lowest BCUT2D eigenvalue weighted by molar-refractivity contribution is 0.275. The Kier molecular flexibility index (Phi) is 4.02. The Morgan fingerprint density at radius 1 is 1.19 bits per heavy atom. The zero-order valence-corrected chi connectivity index (χ0v) is 9.95. The summed E-state index contributed by atoms with van der Waals surface area (Å²) in [7, 11) is 2.19. The molecule has 84 valence electrons. The van der Waals surface area contributed by atoms with Crippen LogP contribution in [-0.4, -0.2) is 24.5 Å². The molecule has 1 aliphatic carbocycles. The van der Waals surface area contributed by atoms with Gasteiger partial charge in [0.1, 0.15) is 0 Å². The average molecular weight is 213 g/mol. The van der Waals surface area contributed by atoms with E-state index in [0.717, 1.165) is 18.2 Å². The van der Waals surface area contributed by atoms with Gasteiger partial charge in [0.15, 0.2) is 0 Å². The molecule has 1 aromatic carbocycles. The van der Waals surface area contributed by atoms with Crippen LogP contribution in [0.3, 0.4) is 0 Å². The number of hydrogen-bond acceptors (Lipinski definition) is 1. The molecule has 0 aliphatic heterocycles. The van der Waals surface area contributed by atoms with Crippen LogP contribution in [0.4, 0.5) is 0 Å². The summed E-state index contributed by atoms with van der Waals surface area (Å²) in [5.41, 5.74) is 1.11. The summed E-state index contributed by atoms with van der Waals surface area (Å²) >= 11 is 0. The van der Waals surface area contributed by atoms with E-state index in [2.05, 4.69) is 35.9 Å². The summed E-state index contributed by atoms with van der Waals surface area (Å²) in [6.45, 7) is 0.888. The lowest BCUT2D eigenvalue weighted by Gasteiger charge is -2.20. The van der Waals surface area contributed by atoms with Crippen molar-refractivity contribution in [2.75, 3.05) is 13.6 Å². The molecule has 0 aromatic heterocycles. The van der Waals surface area contributed by atoms with E-state index in [-0.39, 0.29) is 0 Å². The Labute approximate surface area is 98.5 Å². The smallest absolute Gasteiger partial charge is 0.0605 e. The van der Waals surface area contributed by atoms with Gasteiger partial charge < -0.3 is 0 Å². The van der Waals surface area contributed by atoms with Gasteiger partial charge in [-0.3, -0.25) is 4.90 Å². The zero-order valence-electron chi connectivity index (χ0n) is 9.95. The van der Waals surface area contributed by atoms with E-state index in [1.54, 1.807) is 0 Å². The van der Waals surface area contributed by atoms with Crippen LogP contribution in [-0.2, 0) is 0 Å². The van der Waals surface area contributed by atoms with Crippen molar-refractivity contribution < 1.29 is 0 Å². The minimum atomic E-state index is 0.769. The van der Waals surface area contributed by atoms with E-state index in [0.29, 0.717) is 0 Å². The fourth-order valence-corrected chi connectivity index (χ4v) is 2.26. The third-order valence-corrected chi connectivity index (χ3v) is 3.28. The maximum atomic E-state index is 3.25. The van der Waals surface area contributed by atoms with E-state index >= 15 is 0 Å². The molecular formula is C15H19N. The highest BCUT2D eigenvalue weighted by Gasteiger charge is 2.18. The summed E-state index contributed by atoms with van der Waals surface area (Å²) in [5.74, 6) is 6.46. The van der Waals surface area contributed by atoms with Gasteiger partial charge in [0.2, 0.25) is 0 Å². The predicted octanol–water partition coefficient (Wildman–Crippen LogP) is 2.91. The standard InChI is InChI=1S/C15H19N/c1-16(15-11-5-6-12-15)13-7-10-14-8-3-2-4-9-14/h2-4,8-9,15H,5-6,11-13H2,1H3. The Hall–Kier alpha value is -1.26. The lowest BCUT2D eigenvalue weighted by atomic mass is 10.2. The lowest BCUT2D eigenvalue weighted by Crippen LogP contribution is -2.29. The first kappa shape index (κ1) is 11.2. The van der Waals surface area contributed by atoms with E-state index < -0.39 is 0 Å². The van der Waals surface area contributed by atoms with E-state index in [9.17, 15) is 0 Å². The highest BCUT2D eigenvalue weighted by atomic mass is 15.1. The first-order chi connectivity index (χ1) is 7.86. The highest BCUT2D eigenvalue weighted by Crippen LogP contribution is 2.21. The highest BCUT2D eigenvalue weighted by molar-refractivity contribution is 5.33. The largest absolute Gasteiger partial charge is 0.292 e. The third kappa shape index (κ3) is 3.12. The van der Waals surface area contributed by atoms with Gasteiger partial charge in [0.25, 0.3) is 0 Å². The molecule has 1 heteroatoms. The molecule has 1 aliphatic rings. The van der Waals surface area contributed by atoms with Crippen molar-refractivity contribution in [2.45, 2.75) is 31.7 Å². The normalized spacial score (nSPS) is 16.1. The van der Waals surface area contributed by atoms with Crippen molar-refractivity contribution in [3.63, 3.8) is 0 Å². The maximum Gasteiger partial charge on any atom is 0.0605 e. The Bertz CT molecular complexity index is 365. The maximum absolute atomic E-state index is 3.25. The molecule has 1 nitrogen and oxygen atoms in total. The van der Waals surface area contributed by atoms with Gasteiger partial charge in [-0.15, -0.1) is 0 Å². The SMILES string of the molecule is CN(CC#Cc1ccccc1)C1CCCC1. The summed E-state index contributed by atoms with van der Waals surface area (Å²) in [6, 6.07) is 11.0. The Balaban J connectivity index is 1.85. The molecule has 0 spiro atoms. The van der Waals surface area contributed by atoms with Crippen molar-refractivity contribution >= 4 is 0 Å². The minimum absolute atomic E-state index is 0.769. The van der Waals surface area contributed by atoms with Crippen LogP contribution in [0.2, 0.25) is 0 Å². The van der Waals surface area contributed by atoms with Gasteiger partial charge in [-0.05, 0) is 32.0 Å². The van der Waals surface area contributed by atoms with Crippen LogP contribution in [0.5, 0.6) is 0 Å². The molecule has 0 N–H and O–H groups in total. The van der Waals surface area contributed by atoms with Crippen molar-refractivity contribution in [3.8, 4) is 11.8 Å². The van der Waals surface area contributed by atoms with Crippen LogP contribution < -0.4 is 0 Å². The minimum Gasteiger partial charge on any atom is -0.292 e. The molecule has 1 saturated carbocycles. The molecule has 2 rings (SSSR count). The summed E-state index contributed by atoms with van der Waals surface area (Å²) in [6.07, 6.45) is 5.48. The summed E-state index contributed by atoms with van der Waals surface area (Å²) in [4.78, 5) is 2.39. The molecule has 0 atom stereocenters. The van der Waals surface area contributed by atoms with E-state index in [1.807, 2.05) is 18.2 Å². The van der Waals surface area contributed by atoms with Gasteiger partial charge in [-0.1, -0.05) is 42.9 Å². The van der Waals surface area contributed by atoms with Crippen LogP contribution in [0, 0.1) is 11.8 Å². The van der Waals surface area contributed by atoms with Crippen molar-refractivity contribution in [1.29, 1.82) is 0 Å². The van der Waals surface area contributed by atoms with Crippen LogP contribution in [0.25, 0.3) is 0 Å². The topological polar surface area (TPSA) is 3.24 Å². The molecule has 0 radical (unpaired) electrons. The number of hydrogen-bond donors (Lipinski definition) is 0. The molecule has 0 amide bonds. The molecule has 1 fully saturated rings. The zero-order chi connectivity index (χ0) is 11.2. The molecule has 0 saturated heterocycles. The fourth-order valence-electron chi connectivity index (χ4n) is 2.26. The second-order valence-electron chi connectivity index (χ2n) is 4.52. The Morgan fingerprint density at radius 2 is 1.88 bits per heavy atom. The monoisotopic (exact) mass is 213 g/mol. The first-order valence-corrected chi connectivity index (χ1v) is 6.10. The van der Waals surface area contributed by atoms with Gasteiger partial charge in [-0.25, -0.2) is 0 Å². The molecule has 0 heterocycles. The van der Waals surface area contributed by atoms with Gasteiger partial charge in [0, 0.05) is 11.6 Å². The van der Waals surface area contributed by atoms with Crippen molar-refractivity contribution in [3.05, 3.63) is 35.9 Å². The fraction of sp³-hybridized carbons (Fsp3) is 0.467. The van der Waals surface area contributed by atoms with Gasteiger partial charge in [-0.2, -0.15) is 0 Å². The number of nitrogens with zero attached hydrogens (tertiary/aromatic N) is 1. The molecule has 1 aromatic rings. The number of benzene rings is 1. The molecule has 0 unspecified atom stereocenters. The van der Waals surface area contributed by atoms with E-state index in [1.165, 1.54) is 25.7 Å². The van der Waals surface area contributed by atoms with Crippen LogP contribution in [0.1, 0.15) is 31.2 Å². The molecular weight excluding hydrogens is 194 g/mol. The Morgan fingerprint density at radius 3 is 2.56 bits per heavy atom. The van der Waals surface area contributed by atoms with E-state index in [4.69, 9.17) is 0 Å². The second kappa shape index (κ2) is 5.72. The number of rotatable bonds is 2. The van der Waals surface area contributed by atoms with Crippen LogP contribution >= 0.6 is 0 Å². The quantitative estimate of drug-likeness (QED) is 0.683. The summed E-state index contributed by atoms with van der Waals surface area (Å²) in [5, 5.41) is 0. The van der Waals surface area contributed by atoms with Crippen molar-refractivity contribution in [1.82, 2.24) is 4.90 Å². The molecule has 0 bridgehead atoms. The van der Waals surface area contributed by atoms with Crippen LogP contribution in [0.15, 0.2) is 30.3 Å². The van der Waals surface area contributed by atoms with Gasteiger partial charge in [0.05, 0.1) is 6.54 Å². The molecule has 16 heavy (non-hydrogen) atoms. The van der Waals surface area contributed by atoms with Gasteiger partial charge >= 0.3 is 0 Å². The van der Waals surface area contributed by atoms with Crippen molar-refractivity contribution in [2.24, 2.45) is 0 Å². The summed E-state index contributed by atoms with van der Waals surface area (Å²) < 4.78 is 0. The third-order valence-electron chi connectivity index (χ3n) is 3.28. The average Bonchev–Trinajstić information content (AvgIpc) is 2.84. The predicted molar refractivity (Wildman–Crippen MR) is 68.2 cm³/mol. The first-order valence-electron chi connectivity index (χ1n) is 6.10. The second-order valence-corrected chi connectivity index (χ2v) is 4.52.